The van der Waals surface area contributed by atoms with E-state index in [0.29, 0.717) is 13.0 Å². The van der Waals surface area contributed by atoms with Crippen molar-refractivity contribution in [2.24, 2.45) is 0 Å². The van der Waals surface area contributed by atoms with Crippen LogP contribution >= 0.6 is 0 Å². The van der Waals surface area contributed by atoms with Crippen molar-refractivity contribution in [3.8, 4) is 11.8 Å². The number of aliphatic hydroxyl groups is 2. The number of aliphatic hydroxyl groups excluding tert-OH is 2. The molecule has 3 N–H and O–H groups in total. The molecule has 0 bridgehead atoms. The average molecular weight is 171 g/mol. The van der Waals surface area contributed by atoms with Crippen LogP contribution in [0.25, 0.3) is 0 Å². The van der Waals surface area contributed by atoms with Crippen LogP contribution in [0.5, 0.6) is 0 Å². The fourth-order valence-electron chi connectivity index (χ4n) is 0.830. The molecule has 0 aliphatic carbocycles. The van der Waals surface area contributed by atoms with Crippen LogP contribution in [0.2, 0.25) is 0 Å². The third kappa shape index (κ3) is 3.22. The molecule has 0 unspecified atom stereocenters. The van der Waals surface area contributed by atoms with Crippen molar-refractivity contribution in [1.82, 2.24) is 5.32 Å². The van der Waals surface area contributed by atoms with Gasteiger partial charge in [-0.25, -0.2) is 0 Å². The molecule has 0 radical (unpaired) electrons. The van der Waals surface area contributed by atoms with Gasteiger partial charge in [0.25, 0.3) is 0 Å². The standard InChI is InChI=1S/C9H17NO2/c1-3-5-6-10-9(4-2,7-11)8-12/h10-12H,4,6-8H2,1-2H3. The van der Waals surface area contributed by atoms with Gasteiger partial charge in [-0.3, -0.25) is 5.32 Å². The van der Waals surface area contributed by atoms with Gasteiger partial charge in [-0.15, -0.1) is 5.92 Å². The molecule has 0 aliphatic rings. The predicted octanol–water partition coefficient (Wildman–Crippen LogP) is -0.267. The van der Waals surface area contributed by atoms with Crippen molar-refractivity contribution < 1.29 is 10.2 Å². The minimum atomic E-state index is -0.566. The molecule has 3 heteroatoms. The van der Waals surface area contributed by atoms with Crippen LogP contribution < -0.4 is 5.32 Å². The Kier molecular flexibility index (Phi) is 5.73. The van der Waals surface area contributed by atoms with E-state index in [0.717, 1.165) is 0 Å². The van der Waals surface area contributed by atoms with Crippen LogP contribution in [0.4, 0.5) is 0 Å². The summed E-state index contributed by atoms with van der Waals surface area (Å²) in [7, 11) is 0. The van der Waals surface area contributed by atoms with Crippen molar-refractivity contribution in [3.63, 3.8) is 0 Å². The summed E-state index contributed by atoms with van der Waals surface area (Å²) < 4.78 is 0. The van der Waals surface area contributed by atoms with Crippen molar-refractivity contribution in [1.29, 1.82) is 0 Å². The second kappa shape index (κ2) is 6.01. The summed E-state index contributed by atoms with van der Waals surface area (Å²) in [5.41, 5.74) is -0.566. The van der Waals surface area contributed by atoms with E-state index in [1.807, 2.05) is 6.92 Å². The SMILES string of the molecule is CC#CCNC(CC)(CO)CO. The van der Waals surface area contributed by atoms with Gasteiger partial charge in [-0.05, 0) is 13.3 Å². The van der Waals surface area contributed by atoms with Gasteiger partial charge in [-0.1, -0.05) is 12.8 Å². The highest BCUT2D eigenvalue weighted by Gasteiger charge is 2.24. The zero-order valence-corrected chi connectivity index (χ0v) is 7.72. The van der Waals surface area contributed by atoms with E-state index in [1.54, 1.807) is 6.92 Å². The Labute approximate surface area is 73.8 Å². The summed E-state index contributed by atoms with van der Waals surface area (Å²) in [6.45, 7) is 4.05. The van der Waals surface area contributed by atoms with E-state index in [-0.39, 0.29) is 13.2 Å². The molecule has 12 heavy (non-hydrogen) atoms. The third-order valence-corrected chi connectivity index (χ3v) is 2.01. The molecule has 0 aromatic carbocycles. The van der Waals surface area contributed by atoms with Crippen LogP contribution in [0.3, 0.4) is 0 Å². The Bertz CT molecular complexity index is 157. The fraction of sp³-hybridized carbons (Fsp3) is 0.778. The summed E-state index contributed by atoms with van der Waals surface area (Å²) in [5.74, 6) is 5.56. The lowest BCUT2D eigenvalue weighted by molar-refractivity contribution is 0.0913. The topological polar surface area (TPSA) is 52.5 Å². The maximum absolute atomic E-state index is 9.01. The van der Waals surface area contributed by atoms with Crippen molar-refractivity contribution in [2.45, 2.75) is 25.8 Å². The monoisotopic (exact) mass is 171 g/mol. The highest BCUT2D eigenvalue weighted by atomic mass is 16.3. The molecule has 0 spiro atoms. The van der Waals surface area contributed by atoms with Crippen molar-refractivity contribution >= 4 is 0 Å². The Morgan fingerprint density at radius 1 is 1.33 bits per heavy atom. The number of hydrogen-bond donors (Lipinski definition) is 3. The summed E-state index contributed by atoms with van der Waals surface area (Å²) >= 11 is 0. The molecule has 70 valence electrons. The first-order valence-corrected chi connectivity index (χ1v) is 4.11. The van der Waals surface area contributed by atoms with E-state index < -0.39 is 5.54 Å². The summed E-state index contributed by atoms with van der Waals surface area (Å²) in [6.07, 6.45) is 0.686. The van der Waals surface area contributed by atoms with Crippen LogP contribution in [-0.4, -0.2) is 35.5 Å². The predicted molar refractivity (Wildman–Crippen MR) is 48.6 cm³/mol. The van der Waals surface area contributed by atoms with Crippen LogP contribution in [0.1, 0.15) is 20.3 Å². The fourth-order valence-corrected chi connectivity index (χ4v) is 0.830. The van der Waals surface area contributed by atoms with Gasteiger partial charge in [0.15, 0.2) is 0 Å². The van der Waals surface area contributed by atoms with Gasteiger partial charge in [-0.2, -0.15) is 0 Å². The molecule has 0 saturated heterocycles. The molecule has 0 aromatic heterocycles. The summed E-state index contributed by atoms with van der Waals surface area (Å²) in [6, 6.07) is 0. The van der Waals surface area contributed by atoms with Crippen LogP contribution in [0, 0.1) is 11.8 Å². The minimum absolute atomic E-state index is 0.0641. The highest BCUT2D eigenvalue weighted by Crippen LogP contribution is 2.06. The number of nitrogens with one attached hydrogen (secondary N) is 1. The van der Waals surface area contributed by atoms with Gasteiger partial charge in [0.1, 0.15) is 0 Å². The van der Waals surface area contributed by atoms with Crippen molar-refractivity contribution in [3.05, 3.63) is 0 Å². The van der Waals surface area contributed by atoms with E-state index in [1.165, 1.54) is 0 Å². The van der Waals surface area contributed by atoms with Gasteiger partial charge in [0.2, 0.25) is 0 Å². The van der Waals surface area contributed by atoms with Crippen molar-refractivity contribution in [2.75, 3.05) is 19.8 Å². The van der Waals surface area contributed by atoms with E-state index in [9.17, 15) is 0 Å². The molecular formula is C9H17NO2. The molecule has 0 saturated carbocycles. The normalized spacial score (nSPS) is 10.7. The Hall–Kier alpha value is -0.560. The highest BCUT2D eigenvalue weighted by molar-refractivity contribution is 5.00. The largest absolute Gasteiger partial charge is 0.394 e. The molecule has 0 aliphatic heterocycles. The number of rotatable bonds is 5. The molecule has 0 fully saturated rings. The second-order valence-corrected chi connectivity index (χ2v) is 2.73. The van der Waals surface area contributed by atoms with Gasteiger partial charge < -0.3 is 10.2 Å². The molecule has 0 heterocycles. The second-order valence-electron chi connectivity index (χ2n) is 2.73. The molecule has 0 atom stereocenters. The zero-order chi connectivity index (χ0) is 9.45. The van der Waals surface area contributed by atoms with E-state index >= 15 is 0 Å². The first-order valence-electron chi connectivity index (χ1n) is 4.11. The Balaban J connectivity index is 3.98. The third-order valence-electron chi connectivity index (χ3n) is 2.01. The maximum Gasteiger partial charge on any atom is 0.0652 e. The summed E-state index contributed by atoms with van der Waals surface area (Å²) in [5, 5.41) is 21.0. The van der Waals surface area contributed by atoms with Gasteiger partial charge >= 0.3 is 0 Å². The molecule has 0 amide bonds. The minimum Gasteiger partial charge on any atom is -0.394 e. The van der Waals surface area contributed by atoms with Crippen LogP contribution in [0.15, 0.2) is 0 Å². The molecule has 0 aromatic rings. The Morgan fingerprint density at radius 3 is 2.25 bits per heavy atom. The summed E-state index contributed by atoms with van der Waals surface area (Å²) in [4.78, 5) is 0. The zero-order valence-electron chi connectivity index (χ0n) is 7.72. The first-order chi connectivity index (χ1) is 5.74. The molecule has 3 nitrogen and oxygen atoms in total. The first kappa shape index (κ1) is 11.4. The van der Waals surface area contributed by atoms with Gasteiger partial charge in [0, 0.05) is 0 Å². The lowest BCUT2D eigenvalue weighted by Gasteiger charge is -2.28. The number of hydrogen-bond acceptors (Lipinski definition) is 3. The molecular weight excluding hydrogens is 154 g/mol. The average Bonchev–Trinajstić information content (AvgIpc) is 2.14. The maximum atomic E-state index is 9.01. The van der Waals surface area contributed by atoms with E-state index in [4.69, 9.17) is 10.2 Å². The smallest absolute Gasteiger partial charge is 0.0652 e. The lowest BCUT2D eigenvalue weighted by atomic mass is 9.99. The Morgan fingerprint density at radius 2 is 1.92 bits per heavy atom. The van der Waals surface area contributed by atoms with Crippen LogP contribution in [-0.2, 0) is 0 Å². The molecule has 0 rings (SSSR count). The van der Waals surface area contributed by atoms with E-state index in [2.05, 4.69) is 17.2 Å². The lowest BCUT2D eigenvalue weighted by Crippen LogP contribution is -2.51. The van der Waals surface area contributed by atoms with Gasteiger partial charge in [0.05, 0.1) is 25.3 Å². The quantitative estimate of drug-likeness (QED) is 0.499.